The fourth-order valence-corrected chi connectivity index (χ4v) is 6.44. The molecule has 2 aliphatic heterocycles. The first-order chi connectivity index (χ1) is 14.1. The minimum absolute atomic E-state index is 0.0141. The largest absolute Gasteiger partial charge is 0.493 e. The number of benzene rings is 1. The zero-order valence-corrected chi connectivity index (χ0v) is 16.3. The van der Waals surface area contributed by atoms with E-state index in [1.807, 2.05) is 30.4 Å². The molecule has 29 heavy (non-hydrogen) atoms. The summed E-state index contributed by atoms with van der Waals surface area (Å²) in [7, 11) is 1.59. The second-order valence-electron chi connectivity index (χ2n) is 9.15. The number of carbonyl (C=O) groups excluding carboxylic acids is 3. The van der Waals surface area contributed by atoms with Crippen LogP contribution in [0.5, 0.6) is 11.5 Å². The Morgan fingerprint density at radius 2 is 2.14 bits per heavy atom. The Kier molecular flexibility index (Phi) is 3.27. The molecule has 3 fully saturated rings. The van der Waals surface area contributed by atoms with Gasteiger partial charge in [-0.2, -0.15) is 0 Å². The van der Waals surface area contributed by atoms with Gasteiger partial charge in [0.25, 0.3) is 0 Å². The molecule has 2 saturated carbocycles. The third-order valence-electron chi connectivity index (χ3n) is 7.89. The van der Waals surface area contributed by atoms with Crippen LogP contribution in [0.2, 0.25) is 0 Å². The number of amides is 2. The highest BCUT2D eigenvalue weighted by Crippen LogP contribution is 2.69. The molecule has 6 heteroatoms. The van der Waals surface area contributed by atoms with Gasteiger partial charge >= 0.3 is 0 Å². The Morgan fingerprint density at radius 3 is 2.86 bits per heavy atom. The highest BCUT2D eigenvalue weighted by atomic mass is 16.5. The normalized spacial score (nSPS) is 38.9. The van der Waals surface area contributed by atoms with Crippen LogP contribution in [0.25, 0.3) is 0 Å². The predicted octanol–water partition coefficient (Wildman–Crippen LogP) is 2.25. The molecular weight excluding hydrogens is 370 g/mol. The van der Waals surface area contributed by atoms with Gasteiger partial charge in [0.15, 0.2) is 11.5 Å². The average molecular weight is 393 g/mol. The van der Waals surface area contributed by atoms with E-state index in [0.29, 0.717) is 30.4 Å². The van der Waals surface area contributed by atoms with Crippen LogP contribution in [0.15, 0.2) is 30.4 Å². The van der Waals surface area contributed by atoms with E-state index in [-0.39, 0.29) is 30.3 Å². The third kappa shape index (κ3) is 1.86. The molecule has 0 N–H and O–H groups in total. The lowest BCUT2D eigenvalue weighted by molar-refractivity contribution is -0.178. The van der Waals surface area contributed by atoms with E-state index in [0.717, 1.165) is 24.7 Å². The fraction of sp³-hybridized carbons (Fsp3) is 0.522. The molecule has 2 bridgehead atoms. The number of rotatable bonds is 4. The number of likely N-dealkylation sites (tertiary alicyclic amines) is 1. The number of hydrogen-bond donors (Lipinski definition) is 0. The van der Waals surface area contributed by atoms with E-state index >= 15 is 0 Å². The van der Waals surface area contributed by atoms with Gasteiger partial charge in [-0.15, -0.1) is 0 Å². The second-order valence-corrected chi connectivity index (χ2v) is 9.15. The van der Waals surface area contributed by atoms with Crippen LogP contribution in [0.4, 0.5) is 0 Å². The van der Waals surface area contributed by atoms with Gasteiger partial charge in [0.2, 0.25) is 11.8 Å². The van der Waals surface area contributed by atoms with Crippen molar-refractivity contribution < 1.29 is 23.9 Å². The van der Waals surface area contributed by atoms with E-state index < -0.39 is 16.7 Å². The number of carbonyl (C=O) groups is 3. The summed E-state index contributed by atoms with van der Waals surface area (Å²) in [5.41, 5.74) is -1.10. The molecule has 6 aliphatic rings. The van der Waals surface area contributed by atoms with Crippen molar-refractivity contribution in [3.63, 3.8) is 0 Å². The van der Waals surface area contributed by atoms with Crippen molar-refractivity contribution in [2.75, 3.05) is 13.7 Å². The number of nitrogens with zero attached hydrogens (tertiary/aromatic N) is 1. The molecule has 2 spiro atoms. The molecule has 1 aromatic carbocycles. The number of piperidine rings is 1. The summed E-state index contributed by atoms with van der Waals surface area (Å²) in [6, 6.07) is 5.64. The summed E-state index contributed by atoms with van der Waals surface area (Å²) in [4.78, 5) is 41.0. The van der Waals surface area contributed by atoms with Gasteiger partial charge in [0, 0.05) is 30.4 Å². The first-order valence-corrected chi connectivity index (χ1v) is 10.4. The van der Waals surface area contributed by atoms with Gasteiger partial charge in [-0.05, 0) is 31.2 Å². The molecule has 4 aliphatic carbocycles. The number of hydrogen-bond acceptors (Lipinski definition) is 5. The van der Waals surface area contributed by atoms with Crippen LogP contribution >= 0.6 is 0 Å². The highest BCUT2D eigenvalue weighted by molar-refractivity contribution is 6.06. The molecule has 5 unspecified atom stereocenters. The van der Waals surface area contributed by atoms with E-state index in [2.05, 4.69) is 0 Å². The highest BCUT2D eigenvalue weighted by Gasteiger charge is 2.76. The van der Waals surface area contributed by atoms with E-state index in [9.17, 15) is 14.4 Å². The first kappa shape index (κ1) is 17.2. The molecular formula is C23H23NO5. The van der Waals surface area contributed by atoms with Crippen molar-refractivity contribution in [3.8, 4) is 11.5 Å². The molecule has 1 aromatic rings. The van der Waals surface area contributed by atoms with Crippen LogP contribution in [0.3, 0.4) is 0 Å². The molecule has 7 rings (SSSR count). The van der Waals surface area contributed by atoms with Crippen LogP contribution in [-0.2, 0) is 19.8 Å². The molecule has 6 nitrogen and oxygen atoms in total. The molecule has 2 heterocycles. The zero-order valence-electron chi connectivity index (χ0n) is 16.3. The lowest BCUT2D eigenvalue weighted by Crippen LogP contribution is -2.73. The van der Waals surface area contributed by atoms with Gasteiger partial charge in [-0.1, -0.05) is 24.3 Å². The summed E-state index contributed by atoms with van der Waals surface area (Å²) in [5.74, 6) is 0.759. The minimum Gasteiger partial charge on any atom is -0.493 e. The van der Waals surface area contributed by atoms with Crippen molar-refractivity contribution in [2.24, 2.45) is 23.2 Å². The monoisotopic (exact) mass is 393 g/mol. The number of fused-ring (bicyclic) bond motifs is 2. The second kappa shape index (κ2) is 5.49. The predicted molar refractivity (Wildman–Crippen MR) is 102 cm³/mol. The number of aldehydes is 1. The van der Waals surface area contributed by atoms with Crippen LogP contribution in [0, 0.1) is 23.2 Å². The average Bonchev–Trinajstić information content (AvgIpc) is 3.50. The molecule has 1 saturated heterocycles. The van der Waals surface area contributed by atoms with Crippen LogP contribution in [0.1, 0.15) is 31.2 Å². The number of methoxy groups -OCH3 is 1. The van der Waals surface area contributed by atoms with E-state index in [1.54, 1.807) is 7.11 Å². The maximum absolute atomic E-state index is 14.0. The summed E-state index contributed by atoms with van der Waals surface area (Å²) in [6.45, 7) is 0.467. The lowest BCUT2D eigenvalue weighted by atomic mass is 9.41. The SMILES string of the molecule is COc1cccc2c1OC1C3C=CC4(C(=O)N(CC5CC5)C(=O)CC214)C(C=O)C3. The summed E-state index contributed by atoms with van der Waals surface area (Å²) in [5, 5.41) is 0. The van der Waals surface area contributed by atoms with Gasteiger partial charge < -0.3 is 14.3 Å². The molecule has 5 atom stereocenters. The Labute approximate surface area is 168 Å². The third-order valence-corrected chi connectivity index (χ3v) is 7.89. The Morgan fingerprint density at radius 1 is 1.31 bits per heavy atom. The quantitative estimate of drug-likeness (QED) is 0.446. The van der Waals surface area contributed by atoms with Crippen molar-refractivity contribution in [1.29, 1.82) is 0 Å². The van der Waals surface area contributed by atoms with Gasteiger partial charge in [-0.25, -0.2) is 0 Å². The van der Waals surface area contributed by atoms with Crippen molar-refractivity contribution in [3.05, 3.63) is 35.9 Å². The topological polar surface area (TPSA) is 72.9 Å². The minimum atomic E-state index is -1.07. The molecule has 2 amide bonds. The van der Waals surface area contributed by atoms with Gasteiger partial charge in [-0.3, -0.25) is 14.5 Å². The standard InChI is InChI=1S/C23H23NO5/c1-28-17-4-2-3-16-19(17)29-20-14-7-8-22(15(9-14)12-25)21(27)24(11-13-5-6-13)18(26)10-23(16,20)22/h2-4,7-8,12-15,20H,5-6,9-11H2,1H3. The maximum Gasteiger partial charge on any atom is 0.241 e. The van der Waals surface area contributed by atoms with E-state index in [4.69, 9.17) is 9.47 Å². The summed E-state index contributed by atoms with van der Waals surface area (Å²) in [6.07, 6.45) is 7.40. The Hall–Kier alpha value is -2.63. The smallest absolute Gasteiger partial charge is 0.241 e. The Balaban J connectivity index is 1.61. The number of ether oxygens (including phenoxy) is 2. The zero-order chi connectivity index (χ0) is 20.0. The van der Waals surface area contributed by atoms with Crippen LogP contribution < -0.4 is 9.47 Å². The number of para-hydroxylation sites is 1. The molecule has 0 radical (unpaired) electrons. The van der Waals surface area contributed by atoms with Crippen molar-refractivity contribution in [1.82, 2.24) is 4.90 Å². The molecule has 0 aromatic heterocycles. The summed E-state index contributed by atoms with van der Waals surface area (Å²) >= 11 is 0. The maximum atomic E-state index is 14.0. The van der Waals surface area contributed by atoms with E-state index in [1.165, 1.54) is 4.90 Å². The van der Waals surface area contributed by atoms with Crippen molar-refractivity contribution >= 4 is 18.1 Å². The first-order valence-electron chi connectivity index (χ1n) is 10.4. The summed E-state index contributed by atoms with van der Waals surface area (Å²) < 4.78 is 11.9. The van der Waals surface area contributed by atoms with Gasteiger partial charge in [0.1, 0.15) is 12.4 Å². The lowest BCUT2D eigenvalue weighted by Gasteiger charge is -2.61. The Bertz CT molecular complexity index is 981. The van der Waals surface area contributed by atoms with Crippen molar-refractivity contribution in [2.45, 2.75) is 37.2 Å². The van der Waals surface area contributed by atoms with Crippen LogP contribution in [-0.4, -0.2) is 42.8 Å². The number of imide groups is 1. The van der Waals surface area contributed by atoms with Gasteiger partial charge in [0.05, 0.1) is 17.9 Å². The fourth-order valence-electron chi connectivity index (χ4n) is 6.44. The molecule has 150 valence electrons.